The zero-order valence-electron chi connectivity index (χ0n) is 9.57. The van der Waals surface area contributed by atoms with E-state index in [-0.39, 0.29) is 18.1 Å². The maximum absolute atomic E-state index is 11.9. The average molecular weight is 229 g/mol. The fourth-order valence-corrected chi connectivity index (χ4v) is 1.99. The fourth-order valence-electron chi connectivity index (χ4n) is 1.99. The minimum absolute atomic E-state index is 0.0291. The Morgan fingerprint density at radius 2 is 2.25 bits per heavy atom. The van der Waals surface area contributed by atoms with Crippen LogP contribution in [0.2, 0.25) is 0 Å². The molecule has 2 aliphatic heterocycles. The quantitative estimate of drug-likeness (QED) is 0.631. The molecule has 16 heavy (non-hydrogen) atoms. The van der Waals surface area contributed by atoms with Gasteiger partial charge in [-0.2, -0.15) is 0 Å². The molecule has 6 heteroatoms. The summed E-state index contributed by atoms with van der Waals surface area (Å²) >= 11 is 0. The molecule has 0 aliphatic carbocycles. The third kappa shape index (κ3) is 2.91. The van der Waals surface area contributed by atoms with Gasteiger partial charge >= 0.3 is 0 Å². The molecule has 2 saturated heterocycles. The highest BCUT2D eigenvalue weighted by molar-refractivity contribution is 5.81. The molecule has 2 N–H and O–H groups in total. The van der Waals surface area contributed by atoms with Gasteiger partial charge in [0.2, 0.25) is 0 Å². The molecule has 2 heterocycles. The molecule has 2 rings (SSSR count). The third-order valence-corrected chi connectivity index (χ3v) is 3.02. The Morgan fingerprint density at radius 1 is 1.50 bits per heavy atom. The van der Waals surface area contributed by atoms with Crippen molar-refractivity contribution in [1.29, 1.82) is 0 Å². The average Bonchev–Trinajstić information content (AvgIpc) is 2.79. The van der Waals surface area contributed by atoms with Gasteiger partial charge in [0.1, 0.15) is 0 Å². The Hall–Kier alpha value is -0.690. The van der Waals surface area contributed by atoms with Crippen molar-refractivity contribution in [2.75, 3.05) is 40.0 Å². The number of methoxy groups -OCH3 is 1. The van der Waals surface area contributed by atoms with Crippen LogP contribution in [0.25, 0.3) is 0 Å². The minimum atomic E-state index is -0.132. The van der Waals surface area contributed by atoms with Gasteiger partial charge in [0.15, 0.2) is 0 Å². The summed E-state index contributed by atoms with van der Waals surface area (Å²) in [4.78, 5) is 11.9. The Morgan fingerprint density at radius 3 is 2.88 bits per heavy atom. The molecule has 0 spiro atoms. The van der Waals surface area contributed by atoms with Gasteiger partial charge in [-0.3, -0.25) is 10.2 Å². The van der Waals surface area contributed by atoms with E-state index < -0.39 is 0 Å². The van der Waals surface area contributed by atoms with Crippen LogP contribution < -0.4 is 10.7 Å². The number of rotatable bonds is 3. The first-order chi connectivity index (χ1) is 7.79. The topological polar surface area (TPSA) is 62.8 Å². The number of hydrogen-bond acceptors (Lipinski definition) is 5. The summed E-state index contributed by atoms with van der Waals surface area (Å²) in [5.41, 5.74) is 2.90. The molecule has 2 atom stereocenters. The van der Waals surface area contributed by atoms with Gasteiger partial charge in [-0.1, -0.05) is 0 Å². The summed E-state index contributed by atoms with van der Waals surface area (Å²) in [6.45, 7) is 3.62. The van der Waals surface area contributed by atoms with E-state index in [1.807, 2.05) is 5.01 Å². The molecular weight excluding hydrogens is 210 g/mol. The van der Waals surface area contributed by atoms with Crippen LogP contribution in [-0.2, 0) is 14.3 Å². The monoisotopic (exact) mass is 229 g/mol. The predicted molar refractivity (Wildman–Crippen MR) is 57.7 cm³/mol. The number of carbonyl (C=O) groups excluding carboxylic acids is 1. The molecule has 0 aromatic heterocycles. The van der Waals surface area contributed by atoms with E-state index in [2.05, 4.69) is 10.7 Å². The van der Waals surface area contributed by atoms with Crippen molar-refractivity contribution in [3.63, 3.8) is 0 Å². The first-order valence-electron chi connectivity index (χ1n) is 5.69. The summed E-state index contributed by atoms with van der Waals surface area (Å²) in [6.07, 6.45) is 0.896. The molecule has 0 bridgehead atoms. The van der Waals surface area contributed by atoms with Crippen LogP contribution in [0.5, 0.6) is 0 Å². The molecule has 0 aromatic carbocycles. The second kappa shape index (κ2) is 5.58. The van der Waals surface area contributed by atoms with Gasteiger partial charge in [0.25, 0.3) is 5.91 Å². The third-order valence-electron chi connectivity index (χ3n) is 3.02. The first-order valence-corrected chi connectivity index (χ1v) is 5.69. The maximum atomic E-state index is 11.9. The van der Waals surface area contributed by atoms with Crippen LogP contribution in [0.1, 0.15) is 6.42 Å². The van der Waals surface area contributed by atoms with Gasteiger partial charge in [-0.05, 0) is 6.42 Å². The number of nitrogens with zero attached hydrogens (tertiary/aromatic N) is 1. The number of hydrazine groups is 1. The highest BCUT2D eigenvalue weighted by Crippen LogP contribution is 2.09. The Balaban J connectivity index is 1.75. The standard InChI is InChI=1S/C10H19N3O3/c1-15-8-6-9(11-7-8)10(14)12-13-2-4-16-5-3-13/h8-9,11H,2-7H2,1H3,(H,12,14). The van der Waals surface area contributed by atoms with E-state index in [0.29, 0.717) is 13.2 Å². The molecule has 2 aliphatic rings. The van der Waals surface area contributed by atoms with Gasteiger partial charge in [0.05, 0.1) is 25.4 Å². The Bertz CT molecular complexity index is 243. The molecule has 1 amide bonds. The molecule has 2 fully saturated rings. The molecule has 6 nitrogen and oxygen atoms in total. The summed E-state index contributed by atoms with van der Waals surface area (Å²) in [7, 11) is 1.68. The highest BCUT2D eigenvalue weighted by Gasteiger charge is 2.30. The smallest absolute Gasteiger partial charge is 0.251 e. The Kier molecular flexibility index (Phi) is 4.11. The number of ether oxygens (including phenoxy) is 2. The lowest BCUT2D eigenvalue weighted by Gasteiger charge is -2.28. The SMILES string of the molecule is COC1CNC(C(=O)NN2CCOCC2)C1. The second-order valence-corrected chi connectivity index (χ2v) is 4.13. The fraction of sp³-hybridized carbons (Fsp3) is 0.900. The van der Waals surface area contributed by atoms with Crippen LogP contribution in [-0.4, -0.2) is 63.0 Å². The highest BCUT2D eigenvalue weighted by atomic mass is 16.5. The first kappa shape index (κ1) is 11.8. The predicted octanol–water partition coefficient (Wildman–Crippen LogP) is -1.27. The summed E-state index contributed by atoms with van der Waals surface area (Å²) in [6, 6.07) is -0.132. The van der Waals surface area contributed by atoms with Crippen LogP contribution >= 0.6 is 0 Å². The lowest BCUT2D eigenvalue weighted by Crippen LogP contribution is -2.53. The van der Waals surface area contributed by atoms with Crippen molar-refractivity contribution in [2.24, 2.45) is 0 Å². The van der Waals surface area contributed by atoms with E-state index in [0.717, 1.165) is 26.1 Å². The molecule has 0 aromatic rings. The minimum Gasteiger partial charge on any atom is -0.380 e. The van der Waals surface area contributed by atoms with Crippen molar-refractivity contribution < 1.29 is 14.3 Å². The zero-order valence-corrected chi connectivity index (χ0v) is 9.57. The number of nitrogens with one attached hydrogen (secondary N) is 2. The summed E-state index contributed by atoms with van der Waals surface area (Å²) in [5.74, 6) is 0.0291. The normalized spacial score (nSPS) is 31.6. The molecule has 0 saturated carbocycles. The number of carbonyl (C=O) groups is 1. The van der Waals surface area contributed by atoms with Crippen molar-refractivity contribution in [3.8, 4) is 0 Å². The van der Waals surface area contributed by atoms with Crippen LogP contribution in [0.4, 0.5) is 0 Å². The van der Waals surface area contributed by atoms with Crippen molar-refractivity contribution in [1.82, 2.24) is 15.8 Å². The van der Waals surface area contributed by atoms with Crippen LogP contribution in [0.3, 0.4) is 0 Å². The second-order valence-electron chi connectivity index (χ2n) is 4.13. The van der Waals surface area contributed by atoms with E-state index in [4.69, 9.17) is 9.47 Å². The van der Waals surface area contributed by atoms with Crippen molar-refractivity contribution in [3.05, 3.63) is 0 Å². The Labute approximate surface area is 95.2 Å². The van der Waals surface area contributed by atoms with Gasteiger partial charge in [-0.15, -0.1) is 0 Å². The van der Waals surface area contributed by atoms with Gasteiger partial charge in [-0.25, -0.2) is 5.01 Å². The zero-order chi connectivity index (χ0) is 11.4. The molecular formula is C10H19N3O3. The molecule has 0 radical (unpaired) electrons. The molecule has 92 valence electrons. The lowest BCUT2D eigenvalue weighted by molar-refractivity contribution is -0.129. The van der Waals surface area contributed by atoms with E-state index in [9.17, 15) is 4.79 Å². The number of morpholine rings is 1. The lowest BCUT2D eigenvalue weighted by atomic mass is 10.2. The number of amides is 1. The molecule has 2 unspecified atom stereocenters. The number of hydrogen-bond donors (Lipinski definition) is 2. The van der Waals surface area contributed by atoms with Crippen LogP contribution in [0, 0.1) is 0 Å². The van der Waals surface area contributed by atoms with E-state index >= 15 is 0 Å². The van der Waals surface area contributed by atoms with Crippen LogP contribution in [0.15, 0.2) is 0 Å². The summed E-state index contributed by atoms with van der Waals surface area (Å²) in [5, 5.41) is 5.06. The van der Waals surface area contributed by atoms with Gasteiger partial charge in [0, 0.05) is 26.7 Å². The van der Waals surface area contributed by atoms with Crippen molar-refractivity contribution >= 4 is 5.91 Å². The largest absolute Gasteiger partial charge is 0.380 e. The van der Waals surface area contributed by atoms with Gasteiger partial charge < -0.3 is 14.8 Å². The summed E-state index contributed by atoms with van der Waals surface area (Å²) < 4.78 is 10.4. The van der Waals surface area contributed by atoms with E-state index in [1.165, 1.54) is 0 Å². The maximum Gasteiger partial charge on any atom is 0.251 e. The van der Waals surface area contributed by atoms with Crippen molar-refractivity contribution in [2.45, 2.75) is 18.6 Å². The van der Waals surface area contributed by atoms with E-state index in [1.54, 1.807) is 7.11 Å².